The Hall–Kier alpha value is -3.14. The highest BCUT2D eigenvalue weighted by molar-refractivity contribution is 5.67. The Morgan fingerprint density at radius 2 is 2.25 bits per heavy atom. The largest absolute Gasteiger partial charge is 0.495 e. The molecule has 0 aliphatic rings. The second kappa shape index (κ2) is 5.67. The minimum Gasteiger partial charge on any atom is -0.495 e. The summed E-state index contributed by atoms with van der Waals surface area (Å²) >= 11 is 0. The lowest BCUT2D eigenvalue weighted by Crippen LogP contribution is -1.99. The van der Waals surface area contributed by atoms with Crippen LogP contribution >= 0.6 is 0 Å². The quantitative estimate of drug-likeness (QED) is 0.676. The minimum absolute atomic E-state index is 0.0450. The van der Waals surface area contributed by atoms with Gasteiger partial charge < -0.3 is 10.1 Å². The van der Waals surface area contributed by atoms with E-state index in [-0.39, 0.29) is 17.1 Å². The fourth-order valence-corrected chi connectivity index (χ4v) is 1.65. The number of methoxy groups -OCH3 is 1. The molecule has 2 rings (SSSR count). The first-order valence-electron chi connectivity index (χ1n) is 5.60. The summed E-state index contributed by atoms with van der Waals surface area (Å²) in [5, 5.41) is 22.7. The summed E-state index contributed by atoms with van der Waals surface area (Å²) in [6.07, 6.45) is 1.49. The Balaban J connectivity index is 2.38. The van der Waals surface area contributed by atoms with Crippen LogP contribution in [0.15, 0.2) is 36.5 Å². The molecule has 0 aliphatic carbocycles. The molecule has 0 spiro atoms. The number of hydrogen-bond acceptors (Lipinski definition) is 6. The molecule has 1 aromatic carbocycles. The Kier molecular flexibility index (Phi) is 3.77. The first-order valence-corrected chi connectivity index (χ1v) is 5.60. The highest BCUT2D eigenvalue weighted by atomic mass is 16.6. The van der Waals surface area contributed by atoms with Crippen molar-refractivity contribution in [3.8, 4) is 11.8 Å². The number of nitriles is 1. The number of ether oxygens (including phenoxy) is 1. The molecule has 1 aromatic heterocycles. The number of benzene rings is 1. The lowest BCUT2D eigenvalue weighted by molar-refractivity contribution is -0.384. The van der Waals surface area contributed by atoms with Crippen LogP contribution in [0.3, 0.4) is 0 Å². The second-order valence-electron chi connectivity index (χ2n) is 3.78. The highest BCUT2D eigenvalue weighted by Gasteiger charge is 2.11. The van der Waals surface area contributed by atoms with E-state index in [0.29, 0.717) is 11.4 Å². The van der Waals surface area contributed by atoms with Gasteiger partial charge in [-0.2, -0.15) is 5.26 Å². The topological polar surface area (TPSA) is 101 Å². The minimum atomic E-state index is -0.491. The van der Waals surface area contributed by atoms with E-state index in [9.17, 15) is 10.1 Å². The maximum Gasteiger partial charge on any atom is 0.271 e. The van der Waals surface area contributed by atoms with Crippen molar-refractivity contribution in [2.75, 3.05) is 12.4 Å². The molecule has 0 atom stereocenters. The molecule has 7 heteroatoms. The van der Waals surface area contributed by atoms with E-state index in [2.05, 4.69) is 10.3 Å². The number of non-ortho nitro benzene ring substituents is 1. The third-order valence-corrected chi connectivity index (χ3v) is 2.56. The van der Waals surface area contributed by atoms with E-state index in [1.165, 1.54) is 25.4 Å². The highest BCUT2D eigenvalue weighted by Crippen LogP contribution is 2.27. The fourth-order valence-electron chi connectivity index (χ4n) is 1.65. The molecule has 0 saturated carbocycles. The number of pyridine rings is 1. The third kappa shape index (κ3) is 2.64. The zero-order chi connectivity index (χ0) is 14.5. The van der Waals surface area contributed by atoms with Crippen LogP contribution in [0.4, 0.5) is 17.2 Å². The molecule has 0 bridgehead atoms. The number of aromatic nitrogens is 1. The lowest BCUT2D eigenvalue weighted by Gasteiger charge is -2.09. The Bertz CT molecular complexity index is 694. The van der Waals surface area contributed by atoms with E-state index in [1.807, 2.05) is 6.07 Å². The van der Waals surface area contributed by atoms with E-state index < -0.39 is 4.92 Å². The number of hydrogen-bond donors (Lipinski definition) is 1. The summed E-state index contributed by atoms with van der Waals surface area (Å²) in [5.74, 6) is 0.669. The van der Waals surface area contributed by atoms with Gasteiger partial charge in [0, 0.05) is 24.0 Å². The molecule has 1 heterocycles. The van der Waals surface area contributed by atoms with Gasteiger partial charge in [0.2, 0.25) is 0 Å². The van der Waals surface area contributed by atoms with E-state index in [4.69, 9.17) is 10.00 Å². The number of nitrogens with one attached hydrogen (secondary N) is 1. The van der Waals surface area contributed by atoms with Gasteiger partial charge in [0.25, 0.3) is 5.69 Å². The molecule has 0 fully saturated rings. The molecule has 0 aliphatic heterocycles. The summed E-state index contributed by atoms with van der Waals surface area (Å²) in [5.41, 5.74) is 0.661. The molecule has 1 N–H and O–H groups in total. The average Bonchev–Trinajstić information content (AvgIpc) is 2.47. The zero-order valence-electron chi connectivity index (χ0n) is 10.5. The van der Waals surface area contributed by atoms with Crippen molar-refractivity contribution in [1.82, 2.24) is 4.98 Å². The molecule has 0 saturated heterocycles. The Labute approximate surface area is 114 Å². The van der Waals surface area contributed by atoms with Gasteiger partial charge >= 0.3 is 0 Å². The van der Waals surface area contributed by atoms with E-state index >= 15 is 0 Å². The third-order valence-electron chi connectivity index (χ3n) is 2.56. The van der Waals surface area contributed by atoms with Crippen LogP contribution in [0, 0.1) is 21.4 Å². The SMILES string of the molecule is COc1ccnc(Nc2cccc([N+](=O)[O-])c2)c1C#N. The molecule has 0 amide bonds. The monoisotopic (exact) mass is 270 g/mol. The van der Waals surface area contributed by atoms with E-state index in [1.54, 1.807) is 18.2 Å². The van der Waals surface area contributed by atoms with Crippen molar-refractivity contribution in [1.29, 1.82) is 5.26 Å². The molecule has 0 unspecified atom stereocenters. The first-order chi connectivity index (χ1) is 9.65. The van der Waals surface area contributed by atoms with Gasteiger partial charge in [-0.05, 0) is 12.1 Å². The normalized spacial score (nSPS) is 9.60. The van der Waals surface area contributed by atoms with Crippen molar-refractivity contribution in [2.24, 2.45) is 0 Å². The van der Waals surface area contributed by atoms with Gasteiger partial charge in [-0.15, -0.1) is 0 Å². The number of nitro benzene ring substituents is 1. The first kappa shape index (κ1) is 13.3. The second-order valence-corrected chi connectivity index (χ2v) is 3.78. The smallest absolute Gasteiger partial charge is 0.271 e. The van der Waals surface area contributed by atoms with Gasteiger partial charge in [-0.3, -0.25) is 10.1 Å². The van der Waals surface area contributed by atoms with Crippen LogP contribution in [0.2, 0.25) is 0 Å². The number of rotatable bonds is 4. The van der Waals surface area contributed by atoms with Crippen LogP contribution in [0.25, 0.3) is 0 Å². The van der Waals surface area contributed by atoms with Crippen LogP contribution in [-0.2, 0) is 0 Å². The fraction of sp³-hybridized carbons (Fsp3) is 0.0769. The maximum absolute atomic E-state index is 10.7. The van der Waals surface area contributed by atoms with Crippen LogP contribution in [0.5, 0.6) is 5.75 Å². The predicted octanol–water partition coefficient (Wildman–Crippen LogP) is 2.61. The standard InChI is InChI=1S/C13H10N4O3/c1-20-12-5-6-15-13(11(12)8-14)16-9-3-2-4-10(7-9)17(18)19/h2-7H,1H3,(H,15,16). The van der Waals surface area contributed by atoms with Crippen molar-refractivity contribution in [2.45, 2.75) is 0 Å². The predicted molar refractivity (Wildman–Crippen MR) is 71.9 cm³/mol. The van der Waals surface area contributed by atoms with Crippen molar-refractivity contribution in [3.05, 3.63) is 52.2 Å². The molecular formula is C13H10N4O3. The molecule has 7 nitrogen and oxygen atoms in total. The van der Waals surface area contributed by atoms with Gasteiger partial charge in [-0.25, -0.2) is 4.98 Å². The summed E-state index contributed by atoms with van der Waals surface area (Å²) in [6.45, 7) is 0. The molecule has 100 valence electrons. The van der Waals surface area contributed by atoms with Gasteiger partial charge in [0.05, 0.1) is 12.0 Å². The average molecular weight is 270 g/mol. The molecule has 2 aromatic rings. The van der Waals surface area contributed by atoms with E-state index in [0.717, 1.165) is 0 Å². The van der Waals surface area contributed by atoms with Crippen molar-refractivity contribution >= 4 is 17.2 Å². The summed E-state index contributed by atoms with van der Waals surface area (Å²) in [6, 6.07) is 9.50. The molecule has 20 heavy (non-hydrogen) atoms. The molecular weight excluding hydrogens is 260 g/mol. The van der Waals surface area contributed by atoms with Crippen LogP contribution < -0.4 is 10.1 Å². The van der Waals surface area contributed by atoms with Gasteiger partial charge in [0.15, 0.2) is 5.82 Å². The Morgan fingerprint density at radius 3 is 2.90 bits per heavy atom. The van der Waals surface area contributed by atoms with Crippen molar-refractivity contribution in [3.63, 3.8) is 0 Å². The van der Waals surface area contributed by atoms with Crippen LogP contribution in [-0.4, -0.2) is 17.0 Å². The Morgan fingerprint density at radius 1 is 1.45 bits per heavy atom. The lowest BCUT2D eigenvalue weighted by atomic mass is 10.2. The molecule has 0 radical (unpaired) electrons. The van der Waals surface area contributed by atoms with Gasteiger partial charge in [0.1, 0.15) is 17.4 Å². The van der Waals surface area contributed by atoms with Crippen molar-refractivity contribution < 1.29 is 9.66 Å². The zero-order valence-corrected chi connectivity index (χ0v) is 10.5. The number of nitro groups is 1. The van der Waals surface area contributed by atoms with Crippen LogP contribution in [0.1, 0.15) is 5.56 Å². The number of nitrogens with zero attached hydrogens (tertiary/aromatic N) is 3. The summed E-state index contributed by atoms with van der Waals surface area (Å²) < 4.78 is 5.07. The van der Waals surface area contributed by atoms with Gasteiger partial charge in [-0.1, -0.05) is 6.07 Å². The maximum atomic E-state index is 10.7. The number of anilines is 2. The summed E-state index contributed by atoms with van der Waals surface area (Å²) in [7, 11) is 1.45. The summed E-state index contributed by atoms with van der Waals surface area (Å²) in [4.78, 5) is 14.3.